The van der Waals surface area contributed by atoms with Gasteiger partial charge < -0.3 is 0 Å². The molecule has 0 bridgehead atoms. The lowest BCUT2D eigenvalue weighted by Crippen LogP contribution is -2.25. The van der Waals surface area contributed by atoms with E-state index in [1.807, 2.05) is 0 Å². The van der Waals surface area contributed by atoms with Gasteiger partial charge in [0, 0.05) is 16.7 Å². The minimum Gasteiger partial charge on any atom is -0.208 e. The zero-order chi connectivity index (χ0) is 62.6. The molecule has 2 aliphatic rings. The van der Waals surface area contributed by atoms with Crippen LogP contribution in [0.2, 0.25) is 0 Å². The van der Waals surface area contributed by atoms with Gasteiger partial charge in [-0.15, -0.1) is 0 Å². The van der Waals surface area contributed by atoms with Gasteiger partial charge in [0.15, 0.2) is 17.5 Å². The van der Waals surface area contributed by atoms with Crippen molar-refractivity contribution in [2.45, 2.75) is 5.41 Å². The highest BCUT2D eigenvalue weighted by Crippen LogP contribution is 2.64. The predicted octanol–water partition coefficient (Wildman–Crippen LogP) is 23.8. The third-order valence-corrected chi connectivity index (χ3v) is 20.1. The largest absolute Gasteiger partial charge is 0.208 e. The number of rotatable bonds is 9. The quantitative estimate of drug-likeness (QED) is 0.145. The maximum Gasteiger partial charge on any atom is 0.164 e. The second-order valence-corrected chi connectivity index (χ2v) is 25.3. The summed E-state index contributed by atoms with van der Waals surface area (Å²) in [5.41, 5.74) is 25.7. The highest BCUT2D eigenvalue weighted by atomic mass is 15.0. The van der Waals surface area contributed by atoms with Crippen molar-refractivity contribution in [3.8, 4) is 123 Å². The summed E-state index contributed by atoms with van der Waals surface area (Å²) in [6.45, 7) is 0. The van der Waals surface area contributed by atoms with E-state index < -0.39 is 5.41 Å². The smallest absolute Gasteiger partial charge is 0.164 e. The first-order valence-electron chi connectivity index (χ1n) is 32.7. The fourth-order valence-electron chi connectivity index (χ4n) is 15.9. The highest BCUT2D eigenvalue weighted by molar-refractivity contribution is 6.05. The van der Waals surface area contributed by atoms with E-state index in [1.165, 1.54) is 104 Å². The Morgan fingerprint density at radius 3 is 0.853 bits per heavy atom. The normalized spacial score (nSPS) is 12.5. The maximum atomic E-state index is 5.69. The molecule has 0 saturated heterocycles. The van der Waals surface area contributed by atoms with Crippen LogP contribution in [0.5, 0.6) is 0 Å². The molecule has 3 heteroatoms. The Morgan fingerprint density at radius 2 is 0.432 bits per heavy atom. The summed E-state index contributed by atoms with van der Waals surface area (Å²) in [5.74, 6) is 1.78. The summed E-state index contributed by atoms with van der Waals surface area (Å²) in [7, 11) is 0. The van der Waals surface area contributed by atoms with Crippen molar-refractivity contribution in [3.63, 3.8) is 0 Å². The van der Waals surface area contributed by atoms with Crippen LogP contribution in [-0.4, -0.2) is 15.0 Å². The molecule has 0 N–H and O–H groups in total. The Hall–Kier alpha value is -12.4. The van der Waals surface area contributed by atoms with Crippen LogP contribution in [-0.2, 0) is 5.41 Å². The Kier molecular flexibility index (Phi) is 12.5. The second kappa shape index (κ2) is 21.9. The molecular formula is C92H57N3. The molecule has 1 heterocycles. The van der Waals surface area contributed by atoms with E-state index in [-0.39, 0.29) is 0 Å². The topological polar surface area (TPSA) is 38.7 Å². The van der Waals surface area contributed by atoms with Crippen LogP contribution >= 0.6 is 0 Å². The maximum absolute atomic E-state index is 5.69. The minimum absolute atomic E-state index is 0.548. The molecule has 0 saturated carbocycles. The lowest BCUT2D eigenvalue weighted by Gasteiger charge is -2.30. The molecular weight excluding hydrogens is 1150 g/mol. The zero-order valence-electron chi connectivity index (χ0n) is 51.8. The summed E-state index contributed by atoms with van der Waals surface area (Å²) in [4.78, 5) is 17.0. The van der Waals surface area contributed by atoms with Crippen molar-refractivity contribution in [3.05, 3.63) is 368 Å². The third kappa shape index (κ3) is 8.78. The Bertz CT molecular complexity index is 5480. The monoisotopic (exact) mass is 1200 g/mol. The van der Waals surface area contributed by atoms with Crippen molar-refractivity contribution in [2.24, 2.45) is 0 Å². The lowest BCUT2D eigenvalue weighted by molar-refractivity contribution is 0.794. The van der Waals surface area contributed by atoms with Gasteiger partial charge in [0.1, 0.15) is 0 Å². The minimum atomic E-state index is -0.548. The zero-order valence-corrected chi connectivity index (χ0v) is 51.8. The molecule has 0 amide bonds. The van der Waals surface area contributed by atoms with Gasteiger partial charge in [-0.3, -0.25) is 0 Å². The molecule has 95 heavy (non-hydrogen) atoms. The first-order valence-corrected chi connectivity index (χ1v) is 32.7. The summed E-state index contributed by atoms with van der Waals surface area (Å²) in [6, 6.07) is 127. The van der Waals surface area contributed by atoms with Gasteiger partial charge in [-0.05, 0) is 203 Å². The van der Waals surface area contributed by atoms with Gasteiger partial charge in [-0.25, -0.2) is 15.0 Å². The average molecular weight is 1200 g/mol. The third-order valence-electron chi connectivity index (χ3n) is 20.1. The predicted molar refractivity (Wildman–Crippen MR) is 395 cm³/mol. The molecule has 0 unspecified atom stereocenters. The van der Waals surface area contributed by atoms with Crippen LogP contribution in [0, 0.1) is 0 Å². The number of benzene rings is 16. The molecule has 16 aromatic carbocycles. The molecule has 1 spiro atoms. The van der Waals surface area contributed by atoms with Gasteiger partial charge in [-0.2, -0.15) is 0 Å². The molecule has 3 nitrogen and oxygen atoms in total. The second-order valence-electron chi connectivity index (χ2n) is 25.3. The molecule has 19 rings (SSSR count). The van der Waals surface area contributed by atoms with Gasteiger partial charge in [0.25, 0.3) is 0 Å². The summed E-state index contributed by atoms with van der Waals surface area (Å²) in [6.07, 6.45) is 0. The van der Waals surface area contributed by atoms with E-state index in [4.69, 9.17) is 15.0 Å². The highest BCUT2D eigenvalue weighted by Gasteiger charge is 2.52. The molecule has 0 aliphatic heterocycles. The van der Waals surface area contributed by atoms with Gasteiger partial charge in [0.2, 0.25) is 0 Å². The number of hydrogen-bond donors (Lipinski definition) is 0. The summed E-state index contributed by atoms with van der Waals surface area (Å²) >= 11 is 0. The van der Waals surface area contributed by atoms with Crippen molar-refractivity contribution < 1.29 is 0 Å². The molecule has 440 valence electrons. The van der Waals surface area contributed by atoms with Crippen LogP contribution < -0.4 is 0 Å². The molecule has 17 aromatic rings. The van der Waals surface area contributed by atoms with Crippen molar-refractivity contribution in [1.82, 2.24) is 15.0 Å². The standard InChI is InChI=1S/C92H57N3/c1-5-34-72-58(22-1)26-17-41-76(72)68-52-66(53-69(56-68)77-42-18-27-59-23-2-6-35-73(59)77)62-30-15-32-64(50-62)89-93-90(95-91(94-89)83-45-21-49-87-88(83)82-40-11-14-48-86(82)92(87)84-46-12-9-38-80(84)81-39-10-13-47-85(81)92)65-33-16-31-63(51-65)67-54-70(78-43-19-28-60-24-3-7-36-74(60)78)57-71(55-67)79-44-20-29-61-25-4-8-37-75(61)79/h1-57H. The van der Waals surface area contributed by atoms with E-state index in [1.54, 1.807) is 0 Å². The van der Waals surface area contributed by atoms with Crippen molar-refractivity contribution >= 4 is 43.1 Å². The van der Waals surface area contributed by atoms with E-state index in [0.29, 0.717) is 17.5 Å². The Labute approximate surface area is 551 Å². The van der Waals surface area contributed by atoms with Crippen LogP contribution in [0.3, 0.4) is 0 Å². The number of hydrogen-bond acceptors (Lipinski definition) is 3. The molecule has 2 aliphatic carbocycles. The van der Waals surface area contributed by atoms with E-state index in [0.717, 1.165) is 66.8 Å². The van der Waals surface area contributed by atoms with Gasteiger partial charge >= 0.3 is 0 Å². The fourth-order valence-corrected chi connectivity index (χ4v) is 15.9. The fraction of sp³-hybridized carbons (Fsp3) is 0.0109. The van der Waals surface area contributed by atoms with Crippen LogP contribution in [0.1, 0.15) is 22.3 Å². The van der Waals surface area contributed by atoms with Gasteiger partial charge in [-0.1, -0.05) is 297 Å². The van der Waals surface area contributed by atoms with Crippen molar-refractivity contribution in [2.75, 3.05) is 0 Å². The van der Waals surface area contributed by atoms with Crippen LogP contribution in [0.25, 0.3) is 166 Å². The number of aromatic nitrogens is 3. The van der Waals surface area contributed by atoms with Crippen LogP contribution in [0.4, 0.5) is 0 Å². The first kappa shape index (κ1) is 54.3. The van der Waals surface area contributed by atoms with Gasteiger partial charge in [0.05, 0.1) is 5.41 Å². The lowest BCUT2D eigenvalue weighted by atomic mass is 9.70. The summed E-state index contributed by atoms with van der Waals surface area (Å²) < 4.78 is 0. The van der Waals surface area contributed by atoms with E-state index in [2.05, 4.69) is 346 Å². The van der Waals surface area contributed by atoms with E-state index >= 15 is 0 Å². The molecule has 0 atom stereocenters. The molecule has 0 fully saturated rings. The van der Waals surface area contributed by atoms with Crippen molar-refractivity contribution in [1.29, 1.82) is 0 Å². The SMILES string of the molecule is c1cc(-c2cc(-c3cccc4ccccc34)cc(-c3cccc4ccccc34)c2)cc(-c2nc(-c3cccc(-c4cc(-c5cccc6ccccc56)cc(-c5cccc6ccccc56)c4)c3)nc(-c3cccc4c3-c3ccccc3C43c4ccccc4-c4ccccc43)n2)c1. The number of nitrogens with zero attached hydrogens (tertiary/aromatic N) is 3. The summed E-state index contributed by atoms with van der Waals surface area (Å²) in [5, 5.41) is 9.67. The average Bonchev–Trinajstić information content (AvgIpc) is 1.51. The Morgan fingerprint density at radius 1 is 0.168 bits per heavy atom. The van der Waals surface area contributed by atoms with Crippen LogP contribution in [0.15, 0.2) is 346 Å². The molecule has 0 radical (unpaired) electrons. The first-order chi connectivity index (χ1) is 47.1. The molecule has 1 aromatic heterocycles. The number of fused-ring (bicyclic) bond motifs is 14. The Balaban J connectivity index is 0.823. The van der Waals surface area contributed by atoms with E-state index in [9.17, 15) is 0 Å².